The molecule has 1 atom stereocenters. The van der Waals surface area contributed by atoms with Crippen LogP contribution in [0.15, 0.2) is 65.2 Å². The molecule has 0 aliphatic heterocycles. The van der Waals surface area contributed by atoms with Crippen molar-refractivity contribution in [3.05, 3.63) is 78.0 Å². The summed E-state index contributed by atoms with van der Waals surface area (Å²) >= 11 is 0. The minimum atomic E-state index is -1.20. The topological polar surface area (TPSA) is 75.7 Å². The van der Waals surface area contributed by atoms with Crippen LogP contribution in [0.5, 0.6) is 11.5 Å². The van der Waals surface area contributed by atoms with Crippen LogP contribution < -0.4 is 4.74 Å². The zero-order chi connectivity index (χ0) is 24.0. The summed E-state index contributed by atoms with van der Waals surface area (Å²) in [6, 6.07) is 16.6. The van der Waals surface area contributed by atoms with Crippen molar-refractivity contribution >= 4 is 0 Å². The summed E-state index contributed by atoms with van der Waals surface area (Å²) in [7, 11) is 4.32. The molecule has 2 aromatic carbocycles. The van der Waals surface area contributed by atoms with Gasteiger partial charge in [-0.05, 0) is 42.7 Å². The van der Waals surface area contributed by atoms with Gasteiger partial charge in [-0.1, -0.05) is 49.6 Å². The van der Waals surface area contributed by atoms with Crippen LogP contribution in [0.2, 0.25) is 0 Å². The first-order valence-electron chi connectivity index (χ1n) is 12.3. The second-order valence-corrected chi connectivity index (χ2v) is 10.1. The summed E-state index contributed by atoms with van der Waals surface area (Å²) in [6.45, 7) is 2.19. The smallest absolute Gasteiger partial charge is 0.231 e. The first-order chi connectivity index (χ1) is 16.4. The number of rotatable bonds is 10. The number of hydrogen-bond acceptors (Lipinski definition) is 5. The Bertz CT molecular complexity index is 1030. The van der Waals surface area contributed by atoms with Crippen LogP contribution in [0.1, 0.15) is 55.7 Å². The van der Waals surface area contributed by atoms with E-state index in [2.05, 4.69) is 19.1 Å². The summed E-state index contributed by atoms with van der Waals surface area (Å²) in [5.74, 6) is 2.29. The Balaban J connectivity index is 1.40. The van der Waals surface area contributed by atoms with Crippen LogP contribution in [0, 0.1) is 5.92 Å². The number of benzene rings is 2. The average molecular weight is 466 g/mol. The number of hydrogen-bond donors (Lipinski definition) is 2. The number of phenolic OH excluding ortho intramolecular Hbond substituents is 1. The van der Waals surface area contributed by atoms with Gasteiger partial charge in [0.25, 0.3) is 0 Å². The summed E-state index contributed by atoms with van der Waals surface area (Å²) in [5, 5.41) is 21.4. The molecule has 1 heterocycles. The molecule has 1 fully saturated rings. The van der Waals surface area contributed by atoms with Crippen molar-refractivity contribution in [2.45, 2.75) is 50.7 Å². The maximum absolute atomic E-state index is 12.0. The third-order valence-corrected chi connectivity index (χ3v) is 6.89. The van der Waals surface area contributed by atoms with E-state index in [1.807, 2.05) is 30.3 Å². The highest BCUT2D eigenvalue weighted by Gasteiger charge is 2.44. The molecule has 1 aromatic heterocycles. The Morgan fingerprint density at radius 2 is 1.74 bits per heavy atom. The third-order valence-electron chi connectivity index (χ3n) is 6.89. The fraction of sp³-hybridized carbons (Fsp3) is 0.464. The van der Waals surface area contributed by atoms with E-state index in [1.165, 1.54) is 6.42 Å². The SMILES string of the molecule is C[N+](C)(CCCOc1ccc(O)cc1)Cc1cnc([C@](O)(c2ccccc2)C2CCCCC2)o1. The number of oxazole rings is 1. The number of aromatic hydroxyl groups is 1. The highest BCUT2D eigenvalue weighted by molar-refractivity contribution is 5.31. The van der Waals surface area contributed by atoms with E-state index >= 15 is 0 Å². The monoisotopic (exact) mass is 465 g/mol. The maximum Gasteiger partial charge on any atom is 0.231 e. The third kappa shape index (κ3) is 5.80. The Hall–Kier alpha value is -2.83. The van der Waals surface area contributed by atoms with Gasteiger partial charge in [0.1, 0.15) is 18.0 Å². The van der Waals surface area contributed by atoms with Gasteiger partial charge in [-0.25, -0.2) is 4.98 Å². The van der Waals surface area contributed by atoms with Crippen molar-refractivity contribution in [1.82, 2.24) is 4.98 Å². The molecule has 2 N–H and O–H groups in total. The number of phenols is 1. The maximum atomic E-state index is 12.0. The Morgan fingerprint density at radius 1 is 1.03 bits per heavy atom. The normalized spacial score (nSPS) is 16.8. The molecule has 0 unspecified atom stereocenters. The fourth-order valence-corrected chi connectivity index (χ4v) is 5.03. The molecule has 6 nitrogen and oxygen atoms in total. The minimum absolute atomic E-state index is 0.106. The molecule has 0 saturated heterocycles. The van der Waals surface area contributed by atoms with E-state index in [-0.39, 0.29) is 11.7 Å². The lowest BCUT2D eigenvalue weighted by atomic mass is 9.73. The van der Waals surface area contributed by atoms with E-state index in [1.54, 1.807) is 30.5 Å². The summed E-state index contributed by atoms with van der Waals surface area (Å²) < 4.78 is 12.8. The number of ether oxygens (including phenoxy) is 1. The van der Waals surface area contributed by atoms with Gasteiger partial charge in [-0.3, -0.25) is 0 Å². The molecule has 3 aromatic rings. The lowest BCUT2D eigenvalue weighted by Crippen LogP contribution is -2.40. The molecule has 0 spiro atoms. The molecule has 0 amide bonds. The average Bonchev–Trinajstić information content (AvgIpc) is 3.32. The predicted octanol–water partition coefficient (Wildman–Crippen LogP) is 5.24. The Labute approximate surface area is 202 Å². The van der Waals surface area contributed by atoms with Crippen molar-refractivity contribution < 1.29 is 23.9 Å². The lowest BCUT2D eigenvalue weighted by Gasteiger charge is -2.36. The van der Waals surface area contributed by atoms with Gasteiger partial charge in [0, 0.05) is 12.3 Å². The van der Waals surface area contributed by atoms with Gasteiger partial charge in [0.15, 0.2) is 11.4 Å². The van der Waals surface area contributed by atoms with Gasteiger partial charge < -0.3 is 23.9 Å². The molecule has 1 aliphatic carbocycles. The molecule has 4 rings (SSSR count). The Kier molecular flexibility index (Phi) is 7.59. The van der Waals surface area contributed by atoms with Gasteiger partial charge in [-0.15, -0.1) is 0 Å². The molecule has 1 saturated carbocycles. The first kappa shape index (κ1) is 24.3. The van der Waals surface area contributed by atoms with Gasteiger partial charge in [0.05, 0.1) is 33.4 Å². The standard InChI is InChI=1S/C28H36N2O4/c1-30(2,18-9-19-33-25-16-14-24(31)15-17-25)21-26-20-29-27(34-26)28(32,22-10-5-3-6-11-22)23-12-7-4-8-13-23/h3,5-6,10-11,14-17,20,23,32H,4,7-9,12-13,18-19,21H2,1-2H3/p+1/t28-/m0/s1. The second-order valence-electron chi connectivity index (χ2n) is 10.1. The zero-order valence-electron chi connectivity index (χ0n) is 20.3. The van der Waals surface area contributed by atoms with Crippen molar-refractivity contribution in [1.29, 1.82) is 0 Å². The first-order valence-corrected chi connectivity index (χ1v) is 12.3. The van der Waals surface area contributed by atoms with Crippen molar-refractivity contribution in [2.24, 2.45) is 5.92 Å². The molecule has 0 bridgehead atoms. The summed E-state index contributed by atoms with van der Waals surface area (Å²) in [4.78, 5) is 4.60. The quantitative estimate of drug-likeness (QED) is 0.316. The molecule has 1 aliphatic rings. The minimum Gasteiger partial charge on any atom is -0.508 e. The Morgan fingerprint density at radius 3 is 2.44 bits per heavy atom. The highest BCUT2D eigenvalue weighted by Crippen LogP contribution is 2.43. The molecular weight excluding hydrogens is 428 g/mol. The predicted molar refractivity (Wildman–Crippen MR) is 131 cm³/mol. The van der Waals surface area contributed by atoms with E-state index in [9.17, 15) is 10.2 Å². The fourth-order valence-electron chi connectivity index (χ4n) is 5.03. The summed E-state index contributed by atoms with van der Waals surface area (Å²) in [5.41, 5.74) is -0.342. The van der Waals surface area contributed by atoms with Crippen LogP contribution in [0.3, 0.4) is 0 Å². The van der Waals surface area contributed by atoms with Gasteiger partial charge >= 0.3 is 0 Å². The largest absolute Gasteiger partial charge is 0.508 e. The van der Waals surface area contributed by atoms with Crippen molar-refractivity contribution in [3.63, 3.8) is 0 Å². The molecule has 6 heteroatoms. The van der Waals surface area contributed by atoms with Crippen LogP contribution >= 0.6 is 0 Å². The van der Waals surface area contributed by atoms with Crippen LogP contribution in [0.4, 0.5) is 0 Å². The van der Waals surface area contributed by atoms with Gasteiger partial charge in [-0.2, -0.15) is 0 Å². The van der Waals surface area contributed by atoms with E-state index in [4.69, 9.17) is 9.15 Å². The summed E-state index contributed by atoms with van der Waals surface area (Å²) in [6.07, 6.45) is 8.09. The van der Waals surface area contributed by atoms with Crippen molar-refractivity contribution in [3.8, 4) is 11.5 Å². The van der Waals surface area contributed by atoms with Crippen LogP contribution in [-0.4, -0.2) is 46.9 Å². The molecule has 34 heavy (non-hydrogen) atoms. The van der Waals surface area contributed by atoms with Crippen molar-refractivity contribution in [2.75, 3.05) is 27.2 Å². The van der Waals surface area contributed by atoms with Gasteiger partial charge in [0.2, 0.25) is 5.89 Å². The van der Waals surface area contributed by atoms with E-state index < -0.39 is 5.60 Å². The van der Waals surface area contributed by atoms with E-state index in [0.29, 0.717) is 19.0 Å². The molecule has 182 valence electrons. The van der Waals surface area contributed by atoms with E-state index in [0.717, 1.165) is 60.2 Å². The molecule has 0 radical (unpaired) electrons. The zero-order valence-corrected chi connectivity index (χ0v) is 20.3. The number of aliphatic hydroxyl groups is 1. The highest BCUT2D eigenvalue weighted by atomic mass is 16.5. The number of quaternary nitrogens is 1. The van der Waals surface area contributed by atoms with Crippen LogP contribution in [0.25, 0.3) is 0 Å². The number of nitrogens with zero attached hydrogens (tertiary/aromatic N) is 2. The lowest BCUT2D eigenvalue weighted by molar-refractivity contribution is -0.904. The van der Waals surface area contributed by atoms with Crippen LogP contribution in [-0.2, 0) is 12.1 Å². The number of aromatic nitrogens is 1. The second kappa shape index (κ2) is 10.6. The molecular formula is C28H37N2O4+.